The zero-order valence-electron chi connectivity index (χ0n) is 10.6. The highest BCUT2D eigenvalue weighted by Crippen LogP contribution is 2.16. The minimum Gasteiger partial charge on any atom is -0.384 e. The normalized spacial score (nSPS) is 19.4. The molecule has 7 nitrogen and oxygen atoms in total. The standard InChI is InChI=1S/C11H19N5O2/c1-18-8-9-2-3-15(5-9)11(17)7-16-6-10(4-12)13-14-16/h6,9H,2-5,7-8,12H2,1H3. The lowest BCUT2D eigenvalue weighted by Crippen LogP contribution is -2.32. The van der Waals surface area contributed by atoms with Crippen LogP contribution in [0, 0.1) is 5.92 Å². The number of likely N-dealkylation sites (tertiary alicyclic amines) is 1. The van der Waals surface area contributed by atoms with Crippen LogP contribution < -0.4 is 5.73 Å². The second kappa shape index (κ2) is 5.92. The van der Waals surface area contributed by atoms with Gasteiger partial charge in [-0.05, 0) is 6.42 Å². The smallest absolute Gasteiger partial charge is 0.244 e. The molecular weight excluding hydrogens is 234 g/mol. The second-order valence-corrected chi connectivity index (χ2v) is 4.56. The van der Waals surface area contributed by atoms with Gasteiger partial charge in [0.25, 0.3) is 0 Å². The SMILES string of the molecule is COCC1CCN(C(=O)Cn2cc(CN)nn2)C1. The first-order valence-electron chi connectivity index (χ1n) is 6.08. The third kappa shape index (κ3) is 3.05. The van der Waals surface area contributed by atoms with Gasteiger partial charge < -0.3 is 15.4 Å². The Morgan fingerprint density at radius 1 is 1.67 bits per heavy atom. The third-order valence-corrected chi connectivity index (χ3v) is 3.13. The van der Waals surface area contributed by atoms with Crippen LogP contribution in [0.1, 0.15) is 12.1 Å². The van der Waals surface area contributed by atoms with E-state index in [1.807, 2.05) is 4.90 Å². The maximum atomic E-state index is 12.0. The predicted molar refractivity (Wildman–Crippen MR) is 64.5 cm³/mol. The number of methoxy groups -OCH3 is 1. The van der Waals surface area contributed by atoms with Crippen molar-refractivity contribution in [3.8, 4) is 0 Å². The molecule has 2 heterocycles. The fourth-order valence-electron chi connectivity index (χ4n) is 2.18. The summed E-state index contributed by atoms with van der Waals surface area (Å²) in [6.45, 7) is 2.85. The van der Waals surface area contributed by atoms with Gasteiger partial charge in [-0.15, -0.1) is 5.10 Å². The highest BCUT2D eigenvalue weighted by Gasteiger charge is 2.26. The van der Waals surface area contributed by atoms with Crippen molar-refractivity contribution in [2.75, 3.05) is 26.8 Å². The minimum atomic E-state index is 0.0714. The number of ether oxygens (including phenoxy) is 1. The number of carbonyl (C=O) groups is 1. The quantitative estimate of drug-likeness (QED) is 0.745. The molecule has 1 unspecified atom stereocenters. The molecule has 0 aromatic carbocycles. The van der Waals surface area contributed by atoms with Crippen molar-refractivity contribution in [1.82, 2.24) is 19.9 Å². The van der Waals surface area contributed by atoms with Crippen molar-refractivity contribution in [2.45, 2.75) is 19.5 Å². The third-order valence-electron chi connectivity index (χ3n) is 3.13. The average molecular weight is 253 g/mol. The molecule has 1 aliphatic heterocycles. The summed E-state index contributed by atoms with van der Waals surface area (Å²) in [5, 5.41) is 7.72. The number of rotatable bonds is 5. The summed E-state index contributed by atoms with van der Waals surface area (Å²) in [5.74, 6) is 0.524. The van der Waals surface area contributed by atoms with Crippen LogP contribution in [0.4, 0.5) is 0 Å². The van der Waals surface area contributed by atoms with Crippen molar-refractivity contribution >= 4 is 5.91 Å². The molecule has 2 N–H and O–H groups in total. The van der Waals surface area contributed by atoms with E-state index in [0.29, 0.717) is 24.8 Å². The number of hydrogen-bond acceptors (Lipinski definition) is 5. The van der Waals surface area contributed by atoms with Crippen LogP contribution in [0.25, 0.3) is 0 Å². The lowest BCUT2D eigenvalue weighted by Gasteiger charge is -2.16. The van der Waals surface area contributed by atoms with Crippen molar-refractivity contribution in [1.29, 1.82) is 0 Å². The minimum absolute atomic E-state index is 0.0714. The van der Waals surface area contributed by atoms with Gasteiger partial charge >= 0.3 is 0 Å². The molecule has 18 heavy (non-hydrogen) atoms. The lowest BCUT2D eigenvalue weighted by atomic mass is 10.1. The molecule has 1 aromatic heterocycles. The largest absolute Gasteiger partial charge is 0.384 e. The van der Waals surface area contributed by atoms with Gasteiger partial charge in [0.05, 0.1) is 18.5 Å². The zero-order chi connectivity index (χ0) is 13.0. The summed E-state index contributed by atoms with van der Waals surface area (Å²) in [6.07, 6.45) is 2.71. The highest BCUT2D eigenvalue weighted by molar-refractivity contribution is 5.76. The van der Waals surface area contributed by atoms with E-state index in [4.69, 9.17) is 10.5 Å². The number of nitrogens with two attached hydrogens (primary N) is 1. The van der Waals surface area contributed by atoms with Gasteiger partial charge in [-0.25, -0.2) is 4.68 Å². The fraction of sp³-hybridized carbons (Fsp3) is 0.727. The molecule has 0 aliphatic carbocycles. The fourth-order valence-corrected chi connectivity index (χ4v) is 2.18. The molecule has 0 radical (unpaired) electrons. The van der Waals surface area contributed by atoms with Crippen LogP contribution in [0.3, 0.4) is 0 Å². The predicted octanol–water partition coefficient (Wildman–Crippen LogP) is -0.768. The number of nitrogens with zero attached hydrogens (tertiary/aromatic N) is 4. The molecule has 1 amide bonds. The maximum absolute atomic E-state index is 12.0. The van der Waals surface area contributed by atoms with E-state index in [1.54, 1.807) is 13.3 Å². The summed E-state index contributed by atoms with van der Waals surface area (Å²) < 4.78 is 6.65. The van der Waals surface area contributed by atoms with Gasteiger partial charge in [0.1, 0.15) is 6.54 Å². The van der Waals surface area contributed by atoms with E-state index in [9.17, 15) is 4.79 Å². The Kier molecular flexibility index (Phi) is 4.27. The van der Waals surface area contributed by atoms with Crippen LogP contribution in [0.15, 0.2) is 6.20 Å². The Morgan fingerprint density at radius 2 is 2.50 bits per heavy atom. The Morgan fingerprint density at radius 3 is 3.17 bits per heavy atom. The van der Waals surface area contributed by atoms with Crippen LogP contribution in [0.5, 0.6) is 0 Å². The molecule has 1 aliphatic rings. The molecule has 1 atom stereocenters. The molecule has 100 valence electrons. The summed E-state index contributed by atoms with van der Waals surface area (Å²) in [7, 11) is 1.69. The molecule has 0 saturated carbocycles. The number of carbonyl (C=O) groups excluding carboxylic acids is 1. The highest BCUT2D eigenvalue weighted by atomic mass is 16.5. The van der Waals surface area contributed by atoms with Crippen molar-refractivity contribution < 1.29 is 9.53 Å². The van der Waals surface area contributed by atoms with Crippen LogP contribution in [0.2, 0.25) is 0 Å². The van der Waals surface area contributed by atoms with E-state index >= 15 is 0 Å². The van der Waals surface area contributed by atoms with Gasteiger partial charge in [0, 0.05) is 32.7 Å². The Balaban J connectivity index is 1.85. The van der Waals surface area contributed by atoms with Crippen molar-refractivity contribution in [3.63, 3.8) is 0 Å². The van der Waals surface area contributed by atoms with E-state index in [1.165, 1.54) is 4.68 Å². The topological polar surface area (TPSA) is 86.3 Å². The summed E-state index contributed by atoms with van der Waals surface area (Å²) in [5.41, 5.74) is 6.14. The van der Waals surface area contributed by atoms with E-state index in [2.05, 4.69) is 10.3 Å². The molecule has 1 fully saturated rings. The first-order valence-corrected chi connectivity index (χ1v) is 6.08. The van der Waals surface area contributed by atoms with Crippen LogP contribution in [-0.2, 0) is 22.6 Å². The van der Waals surface area contributed by atoms with Crippen LogP contribution >= 0.6 is 0 Å². The molecule has 1 saturated heterocycles. The lowest BCUT2D eigenvalue weighted by molar-refractivity contribution is -0.131. The van der Waals surface area contributed by atoms with Gasteiger partial charge in [0.15, 0.2) is 0 Å². The maximum Gasteiger partial charge on any atom is 0.244 e. The van der Waals surface area contributed by atoms with Gasteiger partial charge in [0.2, 0.25) is 5.91 Å². The number of aromatic nitrogens is 3. The first-order chi connectivity index (χ1) is 8.72. The van der Waals surface area contributed by atoms with Crippen LogP contribution in [-0.4, -0.2) is 52.6 Å². The first kappa shape index (κ1) is 13.0. The summed E-state index contributed by atoms with van der Waals surface area (Å²) in [4.78, 5) is 13.9. The van der Waals surface area contributed by atoms with Gasteiger partial charge in [-0.3, -0.25) is 4.79 Å². The Bertz CT molecular complexity index is 406. The average Bonchev–Trinajstić information content (AvgIpc) is 2.98. The zero-order valence-corrected chi connectivity index (χ0v) is 10.6. The Hall–Kier alpha value is -1.47. The van der Waals surface area contributed by atoms with Crippen molar-refractivity contribution in [3.05, 3.63) is 11.9 Å². The van der Waals surface area contributed by atoms with E-state index in [-0.39, 0.29) is 12.5 Å². The van der Waals surface area contributed by atoms with Gasteiger partial charge in [-0.1, -0.05) is 5.21 Å². The van der Waals surface area contributed by atoms with Gasteiger partial charge in [-0.2, -0.15) is 0 Å². The number of amides is 1. The monoisotopic (exact) mass is 253 g/mol. The van der Waals surface area contributed by atoms with E-state index < -0.39 is 0 Å². The molecule has 0 bridgehead atoms. The summed E-state index contributed by atoms with van der Waals surface area (Å²) in [6, 6.07) is 0. The molecule has 7 heteroatoms. The van der Waals surface area contributed by atoms with Crippen molar-refractivity contribution in [2.24, 2.45) is 11.7 Å². The molecule has 1 aromatic rings. The molecule has 2 rings (SSSR count). The molecule has 0 spiro atoms. The Labute approximate surface area is 106 Å². The summed E-state index contributed by atoms with van der Waals surface area (Å²) >= 11 is 0. The number of hydrogen-bond donors (Lipinski definition) is 1. The second-order valence-electron chi connectivity index (χ2n) is 4.56. The van der Waals surface area contributed by atoms with E-state index in [0.717, 1.165) is 19.5 Å². The molecular formula is C11H19N5O2.